The van der Waals surface area contributed by atoms with Gasteiger partial charge in [0.1, 0.15) is 0 Å². The molecular weight excluding hydrogens is 216 g/mol. The standard InChI is InChI=1S/C13H24N2O2/c1-15(10-13(17)7-3-4-8-13)11-6-2-5-9-14-12(11)16/h11,17H,2-10H2,1H3,(H,14,16). The van der Waals surface area contributed by atoms with Crippen molar-refractivity contribution in [2.45, 2.75) is 56.6 Å². The summed E-state index contributed by atoms with van der Waals surface area (Å²) in [5.41, 5.74) is -0.554. The van der Waals surface area contributed by atoms with E-state index >= 15 is 0 Å². The average Bonchev–Trinajstić information content (AvgIpc) is 2.57. The van der Waals surface area contributed by atoms with E-state index in [1.165, 1.54) is 0 Å². The number of likely N-dealkylation sites (N-methyl/N-ethyl adjacent to an activating group) is 1. The molecule has 4 nitrogen and oxygen atoms in total. The molecule has 1 unspecified atom stereocenters. The molecule has 98 valence electrons. The maximum absolute atomic E-state index is 11.9. The normalized spacial score (nSPS) is 29.1. The summed E-state index contributed by atoms with van der Waals surface area (Å²) in [6, 6.07) is -0.0536. The minimum atomic E-state index is -0.554. The van der Waals surface area contributed by atoms with E-state index in [2.05, 4.69) is 5.32 Å². The zero-order valence-corrected chi connectivity index (χ0v) is 10.7. The van der Waals surface area contributed by atoms with Crippen molar-refractivity contribution in [1.82, 2.24) is 10.2 Å². The van der Waals surface area contributed by atoms with Crippen molar-refractivity contribution in [3.05, 3.63) is 0 Å². The van der Waals surface area contributed by atoms with Gasteiger partial charge in [0, 0.05) is 13.1 Å². The second-order valence-corrected chi connectivity index (χ2v) is 5.65. The monoisotopic (exact) mass is 240 g/mol. The molecule has 1 saturated carbocycles. The van der Waals surface area contributed by atoms with Crippen LogP contribution >= 0.6 is 0 Å². The Hall–Kier alpha value is -0.610. The smallest absolute Gasteiger partial charge is 0.237 e. The van der Waals surface area contributed by atoms with Crippen molar-refractivity contribution in [2.24, 2.45) is 0 Å². The van der Waals surface area contributed by atoms with E-state index in [-0.39, 0.29) is 11.9 Å². The van der Waals surface area contributed by atoms with Gasteiger partial charge >= 0.3 is 0 Å². The summed E-state index contributed by atoms with van der Waals surface area (Å²) < 4.78 is 0. The van der Waals surface area contributed by atoms with Gasteiger partial charge in [0.25, 0.3) is 0 Å². The highest BCUT2D eigenvalue weighted by molar-refractivity contribution is 5.81. The summed E-state index contributed by atoms with van der Waals surface area (Å²) in [6.07, 6.45) is 7.06. The van der Waals surface area contributed by atoms with Crippen molar-refractivity contribution in [3.63, 3.8) is 0 Å². The summed E-state index contributed by atoms with van der Waals surface area (Å²) >= 11 is 0. The third-order valence-electron chi connectivity index (χ3n) is 4.12. The molecule has 2 fully saturated rings. The molecule has 0 radical (unpaired) electrons. The molecule has 4 heteroatoms. The van der Waals surface area contributed by atoms with Crippen LogP contribution in [0, 0.1) is 0 Å². The molecule has 2 N–H and O–H groups in total. The van der Waals surface area contributed by atoms with Gasteiger partial charge in [-0.25, -0.2) is 0 Å². The number of rotatable bonds is 3. The summed E-state index contributed by atoms with van der Waals surface area (Å²) in [6.45, 7) is 1.43. The van der Waals surface area contributed by atoms with Gasteiger partial charge in [0.05, 0.1) is 11.6 Å². The molecule has 0 aromatic rings. The van der Waals surface area contributed by atoms with Crippen molar-refractivity contribution >= 4 is 5.91 Å². The molecule has 1 heterocycles. The Bertz CT molecular complexity index is 275. The first kappa shape index (κ1) is 12.8. The Morgan fingerprint density at radius 2 is 2.06 bits per heavy atom. The number of aliphatic hydroxyl groups is 1. The summed E-state index contributed by atoms with van der Waals surface area (Å²) in [5.74, 6) is 0.131. The van der Waals surface area contributed by atoms with Crippen molar-refractivity contribution < 1.29 is 9.90 Å². The second-order valence-electron chi connectivity index (χ2n) is 5.65. The van der Waals surface area contributed by atoms with Gasteiger partial charge in [-0.3, -0.25) is 9.69 Å². The third-order valence-corrected chi connectivity index (χ3v) is 4.12. The minimum absolute atomic E-state index is 0.0536. The molecule has 2 rings (SSSR count). The van der Waals surface area contributed by atoms with Crippen LogP contribution in [0.4, 0.5) is 0 Å². The average molecular weight is 240 g/mol. The summed E-state index contributed by atoms with van der Waals surface area (Å²) in [4.78, 5) is 13.9. The Labute approximate surface area is 103 Å². The first-order valence-electron chi connectivity index (χ1n) is 6.81. The van der Waals surface area contributed by atoms with E-state index in [1.807, 2.05) is 11.9 Å². The van der Waals surface area contributed by atoms with Gasteiger partial charge < -0.3 is 10.4 Å². The maximum Gasteiger partial charge on any atom is 0.237 e. The zero-order valence-electron chi connectivity index (χ0n) is 10.7. The van der Waals surface area contributed by atoms with Gasteiger partial charge in [-0.1, -0.05) is 12.8 Å². The quantitative estimate of drug-likeness (QED) is 0.770. The topological polar surface area (TPSA) is 52.6 Å². The van der Waals surface area contributed by atoms with E-state index in [4.69, 9.17) is 0 Å². The number of nitrogens with zero attached hydrogens (tertiary/aromatic N) is 1. The molecule has 1 aliphatic carbocycles. The molecule has 1 amide bonds. The number of hydrogen-bond donors (Lipinski definition) is 2. The minimum Gasteiger partial charge on any atom is -0.389 e. The highest BCUT2D eigenvalue weighted by atomic mass is 16.3. The van der Waals surface area contributed by atoms with Crippen molar-refractivity contribution in [3.8, 4) is 0 Å². The zero-order chi connectivity index (χ0) is 12.3. The highest BCUT2D eigenvalue weighted by Crippen LogP contribution is 2.30. The Kier molecular flexibility index (Phi) is 4.05. The molecule has 1 atom stereocenters. The van der Waals surface area contributed by atoms with Crippen LogP contribution < -0.4 is 5.32 Å². The third kappa shape index (κ3) is 3.19. The highest BCUT2D eigenvalue weighted by Gasteiger charge is 2.35. The Morgan fingerprint density at radius 3 is 2.76 bits per heavy atom. The predicted molar refractivity (Wildman–Crippen MR) is 66.7 cm³/mol. The molecule has 1 saturated heterocycles. The lowest BCUT2D eigenvalue weighted by Crippen LogP contribution is -2.49. The number of carbonyl (C=O) groups is 1. The number of nitrogens with one attached hydrogen (secondary N) is 1. The van der Waals surface area contributed by atoms with Crippen LogP contribution in [-0.4, -0.2) is 47.7 Å². The maximum atomic E-state index is 11.9. The first-order chi connectivity index (χ1) is 8.11. The molecule has 0 aromatic heterocycles. The van der Waals surface area contributed by atoms with Crippen LogP contribution in [0.5, 0.6) is 0 Å². The Balaban J connectivity index is 1.93. The molecule has 0 spiro atoms. The lowest BCUT2D eigenvalue weighted by molar-refractivity contribution is -0.126. The number of hydrogen-bond acceptors (Lipinski definition) is 3. The van der Waals surface area contributed by atoms with Gasteiger partial charge in [-0.2, -0.15) is 0 Å². The number of amides is 1. The van der Waals surface area contributed by atoms with Gasteiger partial charge in [-0.05, 0) is 39.2 Å². The fourth-order valence-electron chi connectivity index (χ4n) is 3.11. The van der Waals surface area contributed by atoms with Crippen LogP contribution in [0.2, 0.25) is 0 Å². The van der Waals surface area contributed by atoms with E-state index in [9.17, 15) is 9.90 Å². The van der Waals surface area contributed by atoms with Crippen LogP contribution in [-0.2, 0) is 4.79 Å². The summed E-state index contributed by atoms with van der Waals surface area (Å²) in [5, 5.41) is 13.3. The largest absolute Gasteiger partial charge is 0.389 e. The van der Waals surface area contributed by atoms with Crippen LogP contribution in [0.15, 0.2) is 0 Å². The van der Waals surface area contributed by atoms with E-state index in [0.29, 0.717) is 6.54 Å². The van der Waals surface area contributed by atoms with Crippen molar-refractivity contribution in [1.29, 1.82) is 0 Å². The fourth-order valence-corrected chi connectivity index (χ4v) is 3.11. The summed E-state index contributed by atoms with van der Waals surface area (Å²) in [7, 11) is 1.96. The number of carbonyl (C=O) groups excluding carboxylic acids is 1. The van der Waals surface area contributed by atoms with Crippen molar-refractivity contribution in [2.75, 3.05) is 20.1 Å². The first-order valence-corrected chi connectivity index (χ1v) is 6.81. The molecule has 0 bridgehead atoms. The van der Waals surface area contributed by atoms with Crippen LogP contribution in [0.25, 0.3) is 0 Å². The van der Waals surface area contributed by atoms with E-state index in [0.717, 1.165) is 51.5 Å². The molecule has 17 heavy (non-hydrogen) atoms. The predicted octanol–water partition coefficient (Wildman–Crippen LogP) is 0.892. The van der Waals surface area contributed by atoms with Crippen LogP contribution in [0.1, 0.15) is 44.9 Å². The second kappa shape index (κ2) is 5.36. The van der Waals surface area contributed by atoms with Crippen LogP contribution in [0.3, 0.4) is 0 Å². The molecule has 1 aliphatic heterocycles. The lowest BCUT2D eigenvalue weighted by Gasteiger charge is -2.32. The van der Waals surface area contributed by atoms with Gasteiger partial charge in [0.2, 0.25) is 5.91 Å². The SMILES string of the molecule is CN(CC1(O)CCCC1)C1CCCCNC1=O. The van der Waals surface area contributed by atoms with E-state index in [1.54, 1.807) is 0 Å². The fraction of sp³-hybridized carbons (Fsp3) is 0.923. The molecule has 0 aromatic carbocycles. The Morgan fingerprint density at radius 1 is 1.35 bits per heavy atom. The molecular formula is C13H24N2O2. The van der Waals surface area contributed by atoms with Gasteiger partial charge in [0.15, 0.2) is 0 Å². The molecule has 2 aliphatic rings. The lowest BCUT2D eigenvalue weighted by atomic mass is 10.00. The van der Waals surface area contributed by atoms with E-state index < -0.39 is 5.60 Å². The van der Waals surface area contributed by atoms with Gasteiger partial charge in [-0.15, -0.1) is 0 Å².